The minimum absolute atomic E-state index is 0.0143. The number of aliphatic hydroxyl groups is 1. The normalized spacial score (nSPS) is 26.3. The van der Waals surface area contributed by atoms with Crippen LogP contribution in [0, 0.1) is 6.92 Å². The van der Waals surface area contributed by atoms with Gasteiger partial charge >= 0.3 is 0 Å². The summed E-state index contributed by atoms with van der Waals surface area (Å²) in [6, 6.07) is 5.50. The molecular formula is C21H27FN2O4S. The lowest BCUT2D eigenvalue weighted by Gasteiger charge is -2.42. The maximum Gasteiger partial charge on any atom is 0.148 e. The fraction of sp³-hybridized carbons (Fsp3) is 0.571. The predicted molar refractivity (Wildman–Crippen MR) is 108 cm³/mol. The van der Waals surface area contributed by atoms with Gasteiger partial charge in [0.2, 0.25) is 0 Å². The lowest BCUT2D eigenvalue weighted by molar-refractivity contribution is -0.0963. The van der Waals surface area contributed by atoms with E-state index < -0.39 is 17.5 Å². The van der Waals surface area contributed by atoms with Crippen molar-refractivity contribution in [1.82, 2.24) is 9.88 Å². The van der Waals surface area contributed by atoms with Crippen LogP contribution in [0.5, 0.6) is 5.75 Å². The molecule has 0 amide bonds. The topological polar surface area (TPSA) is 64.1 Å². The van der Waals surface area contributed by atoms with E-state index in [0.29, 0.717) is 25.3 Å². The minimum Gasteiger partial charge on any atom is -0.490 e. The molecular weight excluding hydrogens is 395 g/mol. The molecule has 0 spiro atoms. The number of rotatable bonds is 6. The van der Waals surface area contributed by atoms with Crippen molar-refractivity contribution in [3.63, 3.8) is 0 Å². The Morgan fingerprint density at radius 3 is 3.00 bits per heavy atom. The third kappa shape index (κ3) is 4.18. The van der Waals surface area contributed by atoms with Crippen LogP contribution in [0.15, 0.2) is 29.1 Å². The Hall–Kier alpha value is -1.58. The lowest BCUT2D eigenvalue weighted by Crippen LogP contribution is -2.52. The number of aromatic nitrogens is 1. The molecule has 4 rings (SSSR count). The summed E-state index contributed by atoms with van der Waals surface area (Å²) in [5.74, 6) is 0.625. The van der Waals surface area contributed by atoms with Crippen LogP contribution in [0.4, 0.5) is 4.39 Å². The first-order valence-corrected chi connectivity index (χ1v) is 10.7. The largest absolute Gasteiger partial charge is 0.490 e. The average molecular weight is 423 g/mol. The number of aliphatic hydroxyl groups excluding tert-OH is 1. The van der Waals surface area contributed by atoms with E-state index in [0.717, 1.165) is 16.8 Å². The summed E-state index contributed by atoms with van der Waals surface area (Å²) in [7, 11) is 0. The summed E-state index contributed by atoms with van der Waals surface area (Å²) in [5, 5.41) is 13.0. The van der Waals surface area contributed by atoms with Gasteiger partial charge in [-0.2, -0.15) is 0 Å². The van der Waals surface area contributed by atoms with Gasteiger partial charge in [0.15, 0.2) is 0 Å². The molecule has 3 heterocycles. The molecule has 0 aliphatic carbocycles. The Morgan fingerprint density at radius 1 is 1.48 bits per heavy atom. The second-order valence-corrected chi connectivity index (χ2v) is 9.05. The van der Waals surface area contributed by atoms with Crippen LogP contribution in [0.3, 0.4) is 0 Å². The average Bonchev–Trinajstić information content (AvgIpc) is 3.35. The van der Waals surface area contributed by atoms with Crippen LogP contribution in [-0.4, -0.2) is 53.3 Å². The molecule has 6 nitrogen and oxygen atoms in total. The number of thiazole rings is 1. The summed E-state index contributed by atoms with van der Waals surface area (Å²) in [6.07, 6.45) is -0.244. The number of alkyl halides is 1. The van der Waals surface area contributed by atoms with Crippen LogP contribution in [0.1, 0.15) is 43.3 Å². The molecule has 2 unspecified atom stereocenters. The number of nitrogens with zero attached hydrogens (tertiary/aromatic N) is 2. The monoisotopic (exact) mass is 422 g/mol. The van der Waals surface area contributed by atoms with Gasteiger partial charge in [-0.3, -0.25) is 4.90 Å². The van der Waals surface area contributed by atoms with Crippen molar-refractivity contribution in [2.24, 2.45) is 0 Å². The van der Waals surface area contributed by atoms with Gasteiger partial charge in [0.05, 0.1) is 11.2 Å². The zero-order chi connectivity index (χ0) is 20.6. The van der Waals surface area contributed by atoms with E-state index in [4.69, 9.17) is 14.2 Å². The first-order valence-electron chi connectivity index (χ1n) is 9.77. The zero-order valence-corrected chi connectivity index (χ0v) is 17.7. The number of ether oxygens (including phenoxy) is 3. The Labute approximate surface area is 174 Å². The number of benzene rings is 1. The van der Waals surface area contributed by atoms with E-state index in [9.17, 15) is 9.50 Å². The van der Waals surface area contributed by atoms with Gasteiger partial charge in [0.1, 0.15) is 42.8 Å². The minimum atomic E-state index is -1.40. The SMILES string of the molecule is Cc1cc(C(O)N2CC[C@]3(c4cscn4)OCOC3C2)ccc1OCC(C)(C)F. The smallest absolute Gasteiger partial charge is 0.148 e. The standard InChI is InChI=1S/C21H27FN2O4S/c1-14-8-15(4-5-16(14)26-11-20(2,3)22)19(25)24-7-6-21(17-10-29-12-23-17)18(9-24)27-13-28-21/h4-5,8,10,12,18-19,25H,6-7,9,11,13H2,1-3H3/t18?,19?,21-/m1/s1. The maximum atomic E-state index is 13.7. The van der Waals surface area contributed by atoms with Crippen molar-refractivity contribution in [1.29, 1.82) is 0 Å². The maximum absolute atomic E-state index is 13.7. The zero-order valence-electron chi connectivity index (χ0n) is 16.9. The molecule has 1 aromatic heterocycles. The van der Waals surface area contributed by atoms with Crippen molar-refractivity contribution >= 4 is 11.3 Å². The number of likely N-dealkylation sites (tertiary alicyclic amines) is 1. The number of hydrogen-bond acceptors (Lipinski definition) is 7. The molecule has 1 aromatic carbocycles. The molecule has 2 fully saturated rings. The van der Waals surface area contributed by atoms with Crippen molar-refractivity contribution in [2.75, 3.05) is 26.5 Å². The van der Waals surface area contributed by atoms with Crippen LogP contribution in [0.25, 0.3) is 0 Å². The second-order valence-electron chi connectivity index (χ2n) is 8.33. The van der Waals surface area contributed by atoms with Gasteiger partial charge < -0.3 is 19.3 Å². The highest BCUT2D eigenvalue weighted by Crippen LogP contribution is 2.43. The number of piperidine rings is 1. The van der Waals surface area contributed by atoms with Crippen LogP contribution >= 0.6 is 11.3 Å². The molecule has 158 valence electrons. The third-order valence-electron chi connectivity index (χ3n) is 5.56. The van der Waals surface area contributed by atoms with Crippen molar-refractivity contribution in [3.05, 3.63) is 45.9 Å². The molecule has 0 saturated carbocycles. The van der Waals surface area contributed by atoms with Gasteiger partial charge in [-0.15, -0.1) is 11.3 Å². The Bertz CT molecular complexity index is 842. The summed E-state index contributed by atoms with van der Waals surface area (Å²) in [6.45, 7) is 6.29. The first-order chi connectivity index (χ1) is 13.8. The van der Waals surface area contributed by atoms with Crippen LogP contribution in [-0.2, 0) is 15.1 Å². The molecule has 1 N–H and O–H groups in total. The highest BCUT2D eigenvalue weighted by Gasteiger charge is 2.52. The fourth-order valence-corrected chi connectivity index (χ4v) is 4.59. The van der Waals surface area contributed by atoms with E-state index in [1.807, 2.05) is 29.3 Å². The van der Waals surface area contributed by atoms with Gasteiger partial charge in [0.25, 0.3) is 0 Å². The molecule has 2 aliphatic rings. The van der Waals surface area contributed by atoms with Crippen molar-refractivity contribution in [2.45, 2.75) is 50.8 Å². The first kappa shape index (κ1) is 20.7. The lowest BCUT2D eigenvalue weighted by atomic mass is 9.85. The fourth-order valence-electron chi connectivity index (χ4n) is 3.96. The van der Waals surface area contributed by atoms with Gasteiger partial charge in [0, 0.05) is 18.5 Å². The van der Waals surface area contributed by atoms with Gasteiger partial charge in [-0.1, -0.05) is 6.07 Å². The molecule has 29 heavy (non-hydrogen) atoms. The predicted octanol–water partition coefficient (Wildman–Crippen LogP) is 3.54. The summed E-state index contributed by atoms with van der Waals surface area (Å²) >= 11 is 1.54. The Kier molecular flexibility index (Phi) is 5.65. The summed E-state index contributed by atoms with van der Waals surface area (Å²) in [5.41, 5.74) is 2.43. The van der Waals surface area contributed by atoms with E-state index in [-0.39, 0.29) is 19.5 Å². The molecule has 0 radical (unpaired) electrons. The molecule has 3 atom stereocenters. The number of hydrogen-bond donors (Lipinski definition) is 1. The van der Waals surface area contributed by atoms with E-state index in [1.54, 1.807) is 22.9 Å². The van der Waals surface area contributed by atoms with Crippen LogP contribution in [0.2, 0.25) is 0 Å². The van der Waals surface area contributed by atoms with E-state index in [1.165, 1.54) is 13.8 Å². The van der Waals surface area contributed by atoms with Gasteiger partial charge in [-0.25, -0.2) is 9.37 Å². The van der Waals surface area contributed by atoms with Gasteiger partial charge in [-0.05, 0) is 50.5 Å². The molecule has 2 saturated heterocycles. The molecule has 2 aromatic rings. The number of fused-ring (bicyclic) bond motifs is 1. The molecule has 0 bridgehead atoms. The van der Waals surface area contributed by atoms with Crippen molar-refractivity contribution in [3.8, 4) is 5.75 Å². The summed E-state index contributed by atoms with van der Waals surface area (Å²) in [4.78, 5) is 6.44. The molecule has 8 heteroatoms. The Morgan fingerprint density at radius 2 is 2.31 bits per heavy atom. The van der Waals surface area contributed by atoms with E-state index >= 15 is 0 Å². The molecule has 2 aliphatic heterocycles. The second kappa shape index (κ2) is 7.92. The highest BCUT2D eigenvalue weighted by atomic mass is 32.1. The van der Waals surface area contributed by atoms with E-state index in [2.05, 4.69) is 4.98 Å². The number of halogens is 1. The summed E-state index contributed by atoms with van der Waals surface area (Å²) < 4.78 is 31.1. The van der Waals surface area contributed by atoms with Crippen LogP contribution < -0.4 is 4.74 Å². The van der Waals surface area contributed by atoms with Crippen molar-refractivity contribution < 1.29 is 23.7 Å². The Balaban J connectivity index is 1.45. The number of aryl methyl sites for hydroxylation is 1. The highest BCUT2D eigenvalue weighted by molar-refractivity contribution is 7.07. The third-order valence-corrected chi connectivity index (χ3v) is 6.14. The quantitative estimate of drug-likeness (QED) is 0.768.